The van der Waals surface area contributed by atoms with Gasteiger partial charge in [0.15, 0.2) is 0 Å². The fraction of sp³-hybridized carbons (Fsp3) is 0. The first-order chi connectivity index (χ1) is 9.94. The Balaban J connectivity index is 2.34. The van der Waals surface area contributed by atoms with Crippen molar-refractivity contribution in [1.82, 2.24) is 0 Å². The van der Waals surface area contributed by atoms with Crippen LogP contribution in [0.2, 0.25) is 0 Å². The maximum atomic E-state index is 12.2. The van der Waals surface area contributed by atoms with Crippen molar-refractivity contribution < 1.29 is 13.2 Å². The van der Waals surface area contributed by atoms with Crippen LogP contribution in [0.25, 0.3) is 0 Å². The number of nitriles is 1. The summed E-state index contributed by atoms with van der Waals surface area (Å²) in [4.78, 5) is 10.8. The van der Waals surface area contributed by atoms with Crippen LogP contribution in [-0.2, 0) is 10.0 Å². The second-order valence-electron chi connectivity index (χ2n) is 4.16. The third kappa shape index (κ3) is 3.19. The first-order valence-corrected chi connectivity index (χ1v) is 7.34. The number of nitrogens with one attached hydrogen (secondary N) is 1. The summed E-state index contributed by atoms with van der Waals surface area (Å²) in [5, 5.41) is 8.95. The minimum absolute atomic E-state index is 0.0544. The van der Waals surface area contributed by atoms with E-state index in [-0.39, 0.29) is 21.7 Å². The van der Waals surface area contributed by atoms with Crippen molar-refractivity contribution in [3.05, 3.63) is 59.7 Å². The van der Waals surface area contributed by atoms with E-state index in [1.807, 2.05) is 6.07 Å². The normalized spacial score (nSPS) is 10.6. The van der Waals surface area contributed by atoms with Crippen LogP contribution in [0.15, 0.2) is 53.4 Å². The van der Waals surface area contributed by atoms with E-state index in [1.165, 1.54) is 42.5 Å². The Labute approximate surface area is 121 Å². The van der Waals surface area contributed by atoms with E-state index in [9.17, 15) is 13.2 Å². The predicted octanol–water partition coefficient (Wildman–Crippen LogP) is 1.46. The van der Waals surface area contributed by atoms with Crippen LogP contribution in [0.1, 0.15) is 15.9 Å². The predicted molar refractivity (Wildman–Crippen MR) is 76.9 cm³/mol. The summed E-state index contributed by atoms with van der Waals surface area (Å²) in [6, 6.07) is 13.4. The van der Waals surface area contributed by atoms with E-state index in [1.54, 1.807) is 6.07 Å². The lowest BCUT2D eigenvalue weighted by Crippen LogP contribution is -2.15. The number of benzene rings is 2. The van der Waals surface area contributed by atoms with Gasteiger partial charge in [-0.1, -0.05) is 12.1 Å². The van der Waals surface area contributed by atoms with Gasteiger partial charge in [0.05, 0.1) is 5.56 Å². The molecule has 6 nitrogen and oxygen atoms in total. The second-order valence-corrected chi connectivity index (χ2v) is 5.81. The lowest BCUT2D eigenvalue weighted by Gasteiger charge is -2.09. The SMILES string of the molecule is N#Cc1ccccc1S(=O)(=O)Nc1ccc(C(N)=O)cc1. The van der Waals surface area contributed by atoms with Gasteiger partial charge in [-0.2, -0.15) is 5.26 Å². The maximum absolute atomic E-state index is 12.2. The molecule has 2 aromatic rings. The number of nitrogens with zero attached hydrogens (tertiary/aromatic N) is 1. The Hall–Kier alpha value is -2.85. The Bertz CT molecular complexity index is 821. The van der Waals surface area contributed by atoms with Crippen molar-refractivity contribution >= 4 is 21.6 Å². The van der Waals surface area contributed by atoms with Crippen LogP contribution in [0.5, 0.6) is 0 Å². The van der Waals surface area contributed by atoms with Crippen LogP contribution in [-0.4, -0.2) is 14.3 Å². The number of carbonyl (C=O) groups excluding carboxylic acids is 1. The third-order valence-electron chi connectivity index (χ3n) is 2.72. The summed E-state index contributed by atoms with van der Waals surface area (Å²) in [6.45, 7) is 0. The molecule has 0 aromatic heterocycles. The quantitative estimate of drug-likeness (QED) is 0.889. The zero-order valence-electron chi connectivity index (χ0n) is 10.8. The molecule has 0 saturated carbocycles. The molecular weight excluding hydrogens is 290 g/mol. The number of hydrogen-bond donors (Lipinski definition) is 2. The molecule has 0 heterocycles. The van der Waals surface area contributed by atoms with Crippen LogP contribution in [0, 0.1) is 11.3 Å². The smallest absolute Gasteiger partial charge is 0.263 e. The lowest BCUT2D eigenvalue weighted by atomic mass is 10.2. The van der Waals surface area contributed by atoms with E-state index in [0.29, 0.717) is 0 Å². The number of anilines is 1. The molecule has 0 bridgehead atoms. The van der Waals surface area contributed by atoms with Gasteiger partial charge in [0, 0.05) is 11.3 Å². The van der Waals surface area contributed by atoms with Gasteiger partial charge in [-0.25, -0.2) is 8.42 Å². The number of primary amides is 1. The Morgan fingerprint density at radius 2 is 1.71 bits per heavy atom. The van der Waals surface area contributed by atoms with Crippen LogP contribution in [0.4, 0.5) is 5.69 Å². The molecule has 0 radical (unpaired) electrons. The van der Waals surface area contributed by atoms with Crippen molar-refractivity contribution in [3.8, 4) is 6.07 Å². The first kappa shape index (κ1) is 14.6. The highest BCUT2D eigenvalue weighted by Gasteiger charge is 2.18. The summed E-state index contributed by atoms with van der Waals surface area (Å²) < 4.78 is 26.8. The van der Waals surface area contributed by atoms with Crippen LogP contribution < -0.4 is 10.5 Å². The molecule has 0 spiro atoms. The minimum Gasteiger partial charge on any atom is -0.366 e. The third-order valence-corrected chi connectivity index (χ3v) is 4.16. The molecule has 106 valence electrons. The molecule has 21 heavy (non-hydrogen) atoms. The molecule has 0 unspecified atom stereocenters. The number of sulfonamides is 1. The van der Waals surface area contributed by atoms with E-state index in [2.05, 4.69) is 4.72 Å². The highest BCUT2D eigenvalue weighted by molar-refractivity contribution is 7.92. The molecule has 0 atom stereocenters. The number of amides is 1. The van der Waals surface area contributed by atoms with Crippen molar-refractivity contribution in [3.63, 3.8) is 0 Å². The summed E-state index contributed by atoms with van der Waals surface area (Å²) in [5.74, 6) is -0.598. The number of carbonyl (C=O) groups is 1. The van der Waals surface area contributed by atoms with Gasteiger partial charge in [0.25, 0.3) is 10.0 Å². The van der Waals surface area contributed by atoms with Crippen molar-refractivity contribution in [2.24, 2.45) is 5.73 Å². The van der Waals surface area contributed by atoms with Gasteiger partial charge in [0.1, 0.15) is 11.0 Å². The zero-order chi connectivity index (χ0) is 15.5. The summed E-state index contributed by atoms with van der Waals surface area (Å²) in [6.07, 6.45) is 0. The van der Waals surface area contributed by atoms with Gasteiger partial charge in [-0.05, 0) is 36.4 Å². The van der Waals surface area contributed by atoms with Gasteiger partial charge in [0.2, 0.25) is 5.91 Å². The van der Waals surface area contributed by atoms with Crippen molar-refractivity contribution in [2.75, 3.05) is 4.72 Å². The number of nitrogens with two attached hydrogens (primary N) is 1. The van der Waals surface area contributed by atoms with Crippen molar-refractivity contribution in [1.29, 1.82) is 5.26 Å². The minimum atomic E-state index is -3.88. The fourth-order valence-corrected chi connectivity index (χ4v) is 2.92. The molecule has 0 fully saturated rings. The average Bonchev–Trinajstić information content (AvgIpc) is 2.47. The van der Waals surface area contributed by atoms with Crippen LogP contribution >= 0.6 is 0 Å². The molecule has 0 aliphatic rings. The largest absolute Gasteiger partial charge is 0.366 e. The standard InChI is InChI=1S/C14H11N3O3S/c15-9-11-3-1-2-4-13(11)21(19,20)17-12-7-5-10(6-8-12)14(16)18/h1-8,17H,(H2,16,18). The monoisotopic (exact) mass is 301 g/mol. The molecule has 2 aromatic carbocycles. The Morgan fingerprint density at radius 3 is 2.29 bits per heavy atom. The zero-order valence-corrected chi connectivity index (χ0v) is 11.6. The molecule has 0 saturated heterocycles. The topological polar surface area (TPSA) is 113 Å². The average molecular weight is 301 g/mol. The van der Waals surface area contributed by atoms with E-state index < -0.39 is 15.9 Å². The molecule has 0 aliphatic carbocycles. The second kappa shape index (κ2) is 5.64. The summed E-state index contributed by atoms with van der Waals surface area (Å²) in [5.41, 5.74) is 5.71. The molecule has 1 amide bonds. The Kier molecular flexibility index (Phi) is 3.91. The van der Waals surface area contributed by atoms with Gasteiger partial charge < -0.3 is 5.73 Å². The molecule has 2 rings (SSSR count). The highest BCUT2D eigenvalue weighted by Crippen LogP contribution is 2.19. The van der Waals surface area contributed by atoms with Gasteiger partial charge >= 0.3 is 0 Å². The summed E-state index contributed by atoms with van der Waals surface area (Å²) in [7, 11) is -3.88. The molecule has 0 aliphatic heterocycles. The van der Waals surface area contributed by atoms with Crippen LogP contribution in [0.3, 0.4) is 0 Å². The van der Waals surface area contributed by atoms with E-state index in [0.717, 1.165) is 0 Å². The lowest BCUT2D eigenvalue weighted by molar-refractivity contribution is 0.100. The molecule has 7 heteroatoms. The van der Waals surface area contributed by atoms with Gasteiger partial charge in [-0.15, -0.1) is 0 Å². The van der Waals surface area contributed by atoms with Gasteiger partial charge in [-0.3, -0.25) is 9.52 Å². The van der Waals surface area contributed by atoms with E-state index >= 15 is 0 Å². The molecular formula is C14H11N3O3S. The highest BCUT2D eigenvalue weighted by atomic mass is 32.2. The fourth-order valence-electron chi connectivity index (χ4n) is 1.71. The number of rotatable bonds is 4. The Morgan fingerprint density at radius 1 is 1.10 bits per heavy atom. The maximum Gasteiger partial charge on any atom is 0.263 e. The first-order valence-electron chi connectivity index (χ1n) is 5.86. The number of hydrogen-bond acceptors (Lipinski definition) is 4. The van der Waals surface area contributed by atoms with E-state index in [4.69, 9.17) is 11.0 Å². The van der Waals surface area contributed by atoms with Crippen molar-refractivity contribution in [2.45, 2.75) is 4.90 Å². The molecule has 3 N–H and O–H groups in total. The summed E-state index contributed by atoms with van der Waals surface area (Å²) >= 11 is 0.